The number of nitrogens with zero attached hydrogens (tertiary/aromatic N) is 1. The van der Waals surface area contributed by atoms with Crippen molar-refractivity contribution in [2.75, 3.05) is 0 Å². The highest BCUT2D eigenvalue weighted by Gasteiger charge is 2.21. The molecule has 1 aromatic carbocycles. The first kappa shape index (κ1) is 12.7. The summed E-state index contributed by atoms with van der Waals surface area (Å²) in [5, 5.41) is 7.89. The Balaban J connectivity index is 1.74. The van der Waals surface area contributed by atoms with Crippen molar-refractivity contribution < 1.29 is 4.42 Å². The Morgan fingerprint density at radius 3 is 2.75 bits per heavy atom. The summed E-state index contributed by atoms with van der Waals surface area (Å²) >= 11 is 0. The second-order valence-electron chi connectivity index (χ2n) is 5.06. The molecule has 4 nitrogen and oxygen atoms in total. The van der Waals surface area contributed by atoms with Gasteiger partial charge >= 0.3 is 0 Å². The molecule has 1 aliphatic rings. The van der Waals surface area contributed by atoms with Crippen molar-refractivity contribution in [3.05, 3.63) is 48.2 Å². The average molecular weight is 267 g/mol. The van der Waals surface area contributed by atoms with Crippen molar-refractivity contribution in [3.63, 3.8) is 0 Å². The van der Waals surface area contributed by atoms with Gasteiger partial charge in [0.2, 0.25) is 0 Å². The molecule has 0 bridgehead atoms. The first-order valence-corrected chi connectivity index (χ1v) is 6.78. The molecule has 0 radical (unpaired) electrons. The number of benzene rings is 1. The number of rotatable bonds is 3. The molecule has 4 heteroatoms. The van der Waals surface area contributed by atoms with Gasteiger partial charge in [0, 0.05) is 24.3 Å². The highest BCUT2D eigenvalue weighted by atomic mass is 16.3. The molecule has 3 N–H and O–H groups in total. The largest absolute Gasteiger partial charge is 0.461 e. The molecule has 0 fully saturated rings. The summed E-state index contributed by atoms with van der Waals surface area (Å²) in [6.45, 7) is 0. The van der Waals surface area contributed by atoms with Gasteiger partial charge in [0.25, 0.3) is 0 Å². The minimum absolute atomic E-state index is 0.108. The Labute approximate surface area is 117 Å². The molecule has 20 heavy (non-hydrogen) atoms. The predicted octanol–water partition coefficient (Wildman–Crippen LogP) is 3.23. The zero-order valence-electron chi connectivity index (χ0n) is 11.2. The third kappa shape index (κ3) is 2.64. The summed E-state index contributed by atoms with van der Waals surface area (Å²) in [5.74, 6) is 2.80. The maximum Gasteiger partial charge on any atom is 0.134 e. The lowest BCUT2D eigenvalue weighted by Gasteiger charge is -2.18. The fraction of sp³-hybridized carbons (Fsp3) is 0.250. The van der Waals surface area contributed by atoms with Crippen molar-refractivity contribution in [2.24, 2.45) is 16.6 Å². The number of amidine groups is 2. The minimum atomic E-state index is 0.108. The number of furan rings is 1. The lowest BCUT2D eigenvalue weighted by molar-refractivity contribution is 0.481. The normalized spacial score (nSPS) is 18.9. The third-order valence-electron chi connectivity index (χ3n) is 3.57. The van der Waals surface area contributed by atoms with Crippen LogP contribution in [0.5, 0.6) is 0 Å². The number of nitrogens with one attached hydrogen (secondary N) is 1. The molecule has 0 amide bonds. The summed E-state index contributed by atoms with van der Waals surface area (Å²) in [6.07, 6.45) is 2.34. The van der Waals surface area contributed by atoms with E-state index in [0.717, 1.165) is 29.9 Å². The molecule has 1 aliphatic heterocycles. The lowest BCUT2D eigenvalue weighted by atomic mass is 9.94. The van der Waals surface area contributed by atoms with E-state index in [1.165, 1.54) is 0 Å². The molecule has 2 aromatic rings. The Morgan fingerprint density at radius 2 is 2.00 bits per heavy atom. The van der Waals surface area contributed by atoms with Gasteiger partial charge in [-0.05, 0) is 18.6 Å². The molecule has 1 unspecified atom stereocenters. The maximum atomic E-state index is 7.89. The Kier molecular flexibility index (Phi) is 3.37. The van der Waals surface area contributed by atoms with Crippen LogP contribution < -0.4 is 5.73 Å². The first-order valence-electron chi connectivity index (χ1n) is 6.78. The molecular weight excluding hydrogens is 250 g/mol. The van der Waals surface area contributed by atoms with E-state index in [0.29, 0.717) is 18.1 Å². The molecule has 0 spiro atoms. The number of hydrogen-bond acceptors (Lipinski definition) is 3. The monoisotopic (exact) mass is 267 g/mol. The first-order chi connectivity index (χ1) is 9.72. The minimum Gasteiger partial charge on any atom is -0.461 e. The second-order valence-corrected chi connectivity index (χ2v) is 5.06. The van der Waals surface area contributed by atoms with Crippen LogP contribution in [-0.4, -0.2) is 11.7 Å². The summed E-state index contributed by atoms with van der Waals surface area (Å²) in [6, 6.07) is 14.0. The number of aliphatic imine (C=N–C) groups is 1. The van der Waals surface area contributed by atoms with Gasteiger partial charge in [-0.25, -0.2) is 4.99 Å². The van der Waals surface area contributed by atoms with E-state index in [1.807, 2.05) is 42.5 Å². The average Bonchev–Trinajstić information content (AvgIpc) is 2.92. The summed E-state index contributed by atoms with van der Waals surface area (Å²) in [4.78, 5) is 4.06. The quantitative estimate of drug-likeness (QED) is 0.895. The van der Waals surface area contributed by atoms with Crippen LogP contribution in [0.2, 0.25) is 0 Å². The van der Waals surface area contributed by atoms with Gasteiger partial charge in [-0.3, -0.25) is 5.41 Å². The molecule has 0 saturated heterocycles. The van der Waals surface area contributed by atoms with E-state index >= 15 is 0 Å². The molecule has 3 rings (SSSR count). The summed E-state index contributed by atoms with van der Waals surface area (Å²) in [7, 11) is 0. The highest BCUT2D eigenvalue weighted by molar-refractivity contribution is 5.98. The van der Waals surface area contributed by atoms with Gasteiger partial charge < -0.3 is 10.2 Å². The van der Waals surface area contributed by atoms with Crippen LogP contribution in [0.1, 0.15) is 18.6 Å². The molecule has 0 saturated carbocycles. The van der Waals surface area contributed by atoms with Gasteiger partial charge in [0.15, 0.2) is 0 Å². The van der Waals surface area contributed by atoms with Gasteiger partial charge in [0.05, 0.1) is 0 Å². The molecule has 0 aliphatic carbocycles. The van der Waals surface area contributed by atoms with Crippen LogP contribution in [0.3, 0.4) is 0 Å². The van der Waals surface area contributed by atoms with E-state index in [9.17, 15) is 0 Å². The van der Waals surface area contributed by atoms with Crippen LogP contribution in [-0.2, 0) is 6.42 Å². The summed E-state index contributed by atoms with van der Waals surface area (Å²) < 4.78 is 5.87. The van der Waals surface area contributed by atoms with Crippen molar-refractivity contribution in [3.8, 4) is 11.3 Å². The van der Waals surface area contributed by atoms with Gasteiger partial charge in [0.1, 0.15) is 23.2 Å². The van der Waals surface area contributed by atoms with E-state index in [4.69, 9.17) is 15.6 Å². The Hall–Kier alpha value is -2.36. The standard InChI is InChI=1S/C16H17N3O/c17-15-9-6-12(16(18)19-15)10-13-7-8-14(20-13)11-4-2-1-3-5-11/h1-5,7-8,12H,6,9-10H2,(H3,17,18,19). The lowest BCUT2D eigenvalue weighted by Crippen LogP contribution is -2.26. The smallest absolute Gasteiger partial charge is 0.134 e. The van der Waals surface area contributed by atoms with Crippen LogP contribution in [0.4, 0.5) is 0 Å². The molecule has 2 heterocycles. The number of hydrogen-bond donors (Lipinski definition) is 2. The van der Waals surface area contributed by atoms with E-state index in [2.05, 4.69) is 4.99 Å². The zero-order chi connectivity index (χ0) is 13.9. The van der Waals surface area contributed by atoms with Crippen LogP contribution in [0.15, 0.2) is 51.9 Å². The Morgan fingerprint density at radius 1 is 1.20 bits per heavy atom. The van der Waals surface area contributed by atoms with Gasteiger partial charge in [-0.15, -0.1) is 0 Å². The SMILES string of the molecule is N=C1N=C(N)CCC1Cc1ccc(-c2ccccc2)o1. The van der Waals surface area contributed by atoms with Gasteiger partial charge in [-0.1, -0.05) is 30.3 Å². The van der Waals surface area contributed by atoms with Crippen molar-refractivity contribution >= 4 is 11.7 Å². The van der Waals surface area contributed by atoms with Gasteiger partial charge in [-0.2, -0.15) is 0 Å². The van der Waals surface area contributed by atoms with Crippen LogP contribution in [0, 0.1) is 11.3 Å². The topological polar surface area (TPSA) is 75.4 Å². The fourth-order valence-electron chi connectivity index (χ4n) is 2.45. The summed E-state index contributed by atoms with van der Waals surface area (Å²) in [5.41, 5.74) is 6.72. The van der Waals surface area contributed by atoms with Crippen molar-refractivity contribution in [1.82, 2.24) is 0 Å². The van der Waals surface area contributed by atoms with E-state index in [1.54, 1.807) is 0 Å². The van der Waals surface area contributed by atoms with E-state index < -0.39 is 0 Å². The molecule has 1 atom stereocenters. The second kappa shape index (κ2) is 5.33. The van der Waals surface area contributed by atoms with Crippen molar-refractivity contribution in [1.29, 1.82) is 5.41 Å². The Bertz CT molecular complexity index is 643. The van der Waals surface area contributed by atoms with Crippen LogP contribution in [0.25, 0.3) is 11.3 Å². The molecular formula is C16H17N3O. The van der Waals surface area contributed by atoms with Crippen LogP contribution >= 0.6 is 0 Å². The zero-order valence-corrected chi connectivity index (χ0v) is 11.2. The van der Waals surface area contributed by atoms with E-state index in [-0.39, 0.29) is 5.92 Å². The van der Waals surface area contributed by atoms with Crippen molar-refractivity contribution in [2.45, 2.75) is 19.3 Å². The third-order valence-corrected chi connectivity index (χ3v) is 3.57. The maximum absolute atomic E-state index is 7.89. The highest BCUT2D eigenvalue weighted by Crippen LogP contribution is 2.25. The number of nitrogens with two attached hydrogens (primary N) is 1. The molecule has 1 aromatic heterocycles. The predicted molar refractivity (Wildman–Crippen MR) is 79.9 cm³/mol. The fourth-order valence-corrected chi connectivity index (χ4v) is 2.45. The molecule has 102 valence electrons.